The van der Waals surface area contributed by atoms with Crippen LogP contribution in [0.1, 0.15) is 26.8 Å². The maximum absolute atomic E-state index is 11.5. The van der Waals surface area contributed by atoms with Gasteiger partial charge in [-0.1, -0.05) is 0 Å². The van der Waals surface area contributed by atoms with E-state index in [0.29, 0.717) is 5.82 Å². The second kappa shape index (κ2) is 6.77. The maximum atomic E-state index is 11.5. The first-order chi connectivity index (χ1) is 8.93. The van der Waals surface area contributed by atoms with Crippen molar-refractivity contribution < 1.29 is 14.3 Å². The van der Waals surface area contributed by atoms with E-state index in [1.807, 2.05) is 26.1 Å². The third-order valence-corrected chi connectivity index (χ3v) is 2.49. The summed E-state index contributed by atoms with van der Waals surface area (Å²) >= 11 is 0. The first kappa shape index (κ1) is 15.0. The summed E-state index contributed by atoms with van der Waals surface area (Å²) in [5, 5.41) is 9.80. The van der Waals surface area contributed by atoms with E-state index in [0.717, 1.165) is 0 Å². The van der Waals surface area contributed by atoms with Crippen LogP contribution in [-0.4, -0.2) is 41.4 Å². The number of ether oxygens (including phenoxy) is 1. The van der Waals surface area contributed by atoms with Crippen LogP contribution in [0.2, 0.25) is 0 Å². The van der Waals surface area contributed by atoms with Crippen molar-refractivity contribution in [3.8, 4) is 0 Å². The second-order valence-electron chi connectivity index (χ2n) is 4.43. The van der Waals surface area contributed by atoms with Gasteiger partial charge in [0.05, 0.1) is 7.11 Å². The molecule has 1 unspecified atom stereocenters. The summed E-state index contributed by atoms with van der Waals surface area (Å²) in [6, 6.07) is 1.34. The topological polar surface area (TPSA) is 85.2 Å². The number of hydrogen-bond acceptors (Lipinski definition) is 5. The van der Waals surface area contributed by atoms with Crippen molar-refractivity contribution in [2.24, 2.45) is 0 Å². The van der Waals surface area contributed by atoms with Gasteiger partial charge < -0.3 is 15.4 Å². The first-order valence-corrected chi connectivity index (χ1v) is 6.08. The van der Waals surface area contributed by atoms with E-state index >= 15 is 0 Å². The van der Waals surface area contributed by atoms with Crippen LogP contribution in [0.15, 0.2) is 12.3 Å². The van der Waals surface area contributed by atoms with Crippen LogP contribution in [0.4, 0.5) is 5.82 Å². The molecule has 1 aromatic heterocycles. The van der Waals surface area contributed by atoms with Gasteiger partial charge in [0, 0.05) is 31.8 Å². The molecule has 0 aliphatic heterocycles. The summed E-state index contributed by atoms with van der Waals surface area (Å²) in [5.74, 6) is -0.135. The summed E-state index contributed by atoms with van der Waals surface area (Å²) < 4.78 is 6.43. The molecule has 0 fully saturated rings. The van der Waals surface area contributed by atoms with E-state index in [1.54, 1.807) is 4.68 Å². The maximum Gasteiger partial charge on any atom is 0.330 e. The predicted molar refractivity (Wildman–Crippen MR) is 70.7 cm³/mol. The molecule has 1 rings (SSSR count). The lowest BCUT2D eigenvalue weighted by molar-refractivity contribution is -0.144. The Labute approximate surface area is 112 Å². The fraction of sp³-hybridized carbons (Fsp3) is 0.583. The molecule has 0 radical (unpaired) electrons. The molecule has 1 aromatic rings. The Morgan fingerprint density at radius 2 is 2.16 bits per heavy atom. The lowest BCUT2D eigenvalue weighted by Gasteiger charge is -2.15. The summed E-state index contributed by atoms with van der Waals surface area (Å²) in [6.45, 7) is 5.61. The highest BCUT2D eigenvalue weighted by Gasteiger charge is 2.20. The van der Waals surface area contributed by atoms with Crippen molar-refractivity contribution in [3.05, 3.63) is 12.3 Å². The van der Waals surface area contributed by atoms with Crippen molar-refractivity contribution in [2.45, 2.75) is 32.9 Å². The molecule has 1 atom stereocenters. The van der Waals surface area contributed by atoms with Gasteiger partial charge in [0.25, 0.3) is 0 Å². The molecule has 7 heteroatoms. The number of nitrogens with zero attached hydrogens (tertiary/aromatic N) is 2. The van der Waals surface area contributed by atoms with Gasteiger partial charge in [0.15, 0.2) is 0 Å². The van der Waals surface area contributed by atoms with Crippen LogP contribution in [0.25, 0.3) is 0 Å². The quantitative estimate of drug-likeness (QED) is 0.736. The number of aromatic nitrogens is 2. The van der Waals surface area contributed by atoms with Crippen LogP contribution in [0.3, 0.4) is 0 Å². The van der Waals surface area contributed by atoms with Crippen molar-refractivity contribution in [1.29, 1.82) is 0 Å². The van der Waals surface area contributed by atoms with Gasteiger partial charge in [0.2, 0.25) is 5.91 Å². The Morgan fingerprint density at radius 3 is 2.63 bits per heavy atom. The van der Waals surface area contributed by atoms with Gasteiger partial charge in [0.1, 0.15) is 11.9 Å². The molecule has 0 aliphatic rings. The lowest BCUT2D eigenvalue weighted by atomic mass is 10.3. The summed E-state index contributed by atoms with van der Waals surface area (Å²) in [4.78, 5) is 22.5. The van der Waals surface area contributed by atoms with Crippen molar-refractivity contribution in [2.75, 3.05) is 19.0 Å². The van der Waals surface area contributed by atoms with Crippen LogP contribution in [-0.2, 0) is 14.3 Å². The van der Waals surface area contributed by atoms with Gasteiger partial charge in [-0.05, 0) is 13.8 Å². The molecule has 0 saturated carbocycles. The number of anilines is 1. The molecule has 0 saturated heterocycles. The fourth-order valence-electron chi connectivity index (χ4n) is 1.51. The van der Waals surface area contributed by atoms with Gasteiger partial charge in [-0.25, -0.2) is 4.79 Å². The molecule has 0 aromatic carbocycles. The zero-order valence-electron chi connectivity index (χ0n) is 11.6. The normalized spacial score (nSPS) is 12.1. The minimum Gasteiger partial charge on any atom is -0.467 e. The molecule has 2 N–H and O–H groups in total. The molecule has 1 heterocycles. The minimum atomic E-state index is -0.730. The van der Waals surface area contributed by atoms with Crippen LogP contribution in [0, 0.1) is 0 Å². The van der Waals surface area contributed by atoms with Gasteiger partial charge in [-0.3, -0.25) is 9.48 Å². The number of esters is 1. The van der Waals surface area contributed by atoms with E-state index < -0.39 is 12.0 Å². The molecule has 106 valence electrons. The highest BCUT2D eigenvalue weighted by Crippen LogP contribution is 2.08. The molecule has 19 heavy (non-hydrogen) atoms. The number of carbonyl (C=O) groups excluding carboxylic acids is 2. The standard InChI is InChI=1S/C12H20N4O3/c1-8(2)16-6-5-11(15-16)13-7-10(12(18)19-4)14-9(3)17/h5-6,8,10H,7H2,1-4H3,(H,13,15)(H,14,17). The molecular formula is C12H20N4O3. The zero-order chi connectivity index (χ0) is 14.4. The fourth-order valence-corrected chi connectivity index (χ4v) is 1.51. The zero-order valence-corrected chi connectivity index (χ0v) is 11.6. The summed E-state index contributed by atoms with van der Waals surface area (Å²) in [7, 11) is 1.28. The average molecular weight is 268 g/mol. The smallest absolute Gasteiger partial charge is 0.330 e. The first-order valence-electron chi connectivity index (χ1n) is 6.08. The van der Waals surface area contributed by atoms with Crippen molar-refractivity contribution in [3.63, 3.8) is 0 Å². The Bertz CT molecular complexity index is 442. The number of nitrogens with one attached hydrogen (secondary N) is 2. The molecule has 0 spiro atoms. The third kappa shape index (κ3) is 4.61. The lowest BCUT2D eigenvalue weighted by Crippen LogP contribution is -2.45. The van der Waals surface area contributed by atoms with E-state index in [9.17, 15) is 9.59 Å². The Morgan fingerprint density at radius 1 is 1.47 bits per heavy atom. The number of methoxy groups -OCH3 is 1. The third-order valence-electron chi connectivity index (χ3n) is 2.49. The van der Waals surface area contributed by atoms with Crippen LogP contribution >= 0.6 is 0 Å². The summed E-state index contributed by atoms with van der Waals surface area (Å²) in [6.07, 6.45) is 1.85. The van der Waals surface area contributed by atoms with Crippen LogP contribution < -0.4 is 10.6 Å². The summed E-state index contributed by atoms with van der Waals surface area (Å²) in [5.41, 5.74) is 0. The van der Waals surface area contributed by atoms with Crippen molar-refractivity contribution in [1.82, 2.24) is 15.1 Å². The Hall–Kier alpha value is -2.05. The molecule has 0 bridgehead atoms. The molecule has 1 amide bonds. The number of carbonyl (C=O) groups is 2. The van der Waals surface area contributed by atoms with Gasteiger partial charge in [-0.2, -0.15) is 5.10 Å². The Balaban J connectivity index is 2.59. The molecule has 0 aliphatic carbocycles. The molecule has 7 nitrogen and oxygen atoms in total. The van der Waals surface area contributed by atoms with Gasteiger partial charge >= 0.3 is 5.97 Å². The van der Waals surface area contributed by atoms with E-state index in [4.69, 9.17) is 0 Å². The average Bonchev–Trinajstić information content (AvgIpc) is 2.82. The van der Waals surface area contributed by atoms with E-state index in [2.05, 4.69) is 20.5 Å². The van der Waals surface area contributed by atoms with E-state index in [1.165, 1.54) is 14.0 Å². The largest absolute Gasteiger partial charge is 0.467 e. The monoisotopic (exact) mass is 268 g/mol. The molecular weight excluding hydrogens is 248 g/mol. The Kier molecular flexibility index (Phi) is 5.35. The SMILES string of the molecule is COC(=O)C(CNc1ccn(C(C)C)n1)NC(C)=O. The number of rotatable bonds is 6. The van der Waals surface area contributed by atoms with Gasteiger partial charge in [-0.15, -0.1) is 0 Å². The van der Waals surface area contributed by atoms with Crippen LogP contribution in [0.5, 0.6) is 0 Å². The van der Waals surface area contributed by atoms with E-state index in [-0.39, 0.29) is 18.5 Å². The predicted octanol–water partition coefficient (Wildman–Crippen LogP) is 0.554. The van der Waals surface area contributed by atoms with Crippen molar-refractivity contribution >= 4 is 17.7 Å². The highest BCUT2D eigenvalue weighted by molar-refractivity contribution is 5.83. The number of amides is 1. The number of hydrogen-bond donors (Lipinski definition) is 2. The highest BCUT2D eigenvalue weighted by atomic mass is 16.5. The second-order valence-corrected chi connectivity index (χ2v) is 4.43. The minimum absolute atomic E-state index is 0.224.